The highest BCUT2D eigenvalue weighted by molar-refractivity contribution is 7.47. The van der Waals surface area contributed by atoms with Crippen LogP contribution in [0, 0.1) is 0 Å². The van der Waals surface area contributed by atoms with Crippen molar-refractivity contribution in [3.05, 3.63) is 12.2 Å². The standard InChI is InChI=1S/C63H125N2O7P/c1-7-10-13-16-19-22-25-28-30-32-34-37-40-43-46-49-52-55-62(66)64-60(59-71-73(68,69)70-58-57-65(4,5)6)61(54-51-48-45-42-39-36-27-24-21-18-15-12-9-3)72-63(67)56-53-50-47-44-41-38-35-33-31-29-26-23-20-17-14-11-8-2/h51,54,60-61H,7-50,52-53,55-59H2,1-6H3,(H-,64,66,68,69)/p+1/b54-51+. The molecule has 10 heteroatoms. The molecular weight excluding hydrogens is 928 g/mol. The van der Waals surface area contributed by atoms with Crippen LogP contribution in [0.15, 0.2) is 12.2 Å². The number of ether oxygens (including phenoxy) is 1. The minimum absolute atomic E-state index is 0.0459. The molecule has 0 heterocycles. The molecule has 3 atom stereocenters. The van der Waals surface area contributed by atoms with Crippen LogP contribution >= 0.6 is 7.82 Å². The number of phosphoric acid groups is 1. The minimum Gasteiger partial charge on any atom is -0.456 e. The largest absolute Gasteiger partial charge is 0.472 e. The van der Waals surface area contributed by atoms with E-state index in [0.29, 0.717) is 23.9 Å². The maximum Gasteiger partial charge on any atom is 0.472 e. The molecular formula is C63H126N2O7P+. The van der Waals surface area contributed by atoms with Crippen LogP contribution in [0.5, 0.6) is 0 Å². The number of likely N-dealkylation sites (N-methyl/N-ethyl adjacent to an activating group) is 1. The molecule has 0 aromatic rings. The molecule has 2 N–H and O–H groups in total. The summed E-state index contributed by atoms with van der Waals surface area (Å²) in [6, 6.07) is -0.839. The lowest BCUT2D eigenvalue weighted by Crippen LogP contribution is -2.47. The monoisotopic (exact) mass is 1050 g/mol. The van der Waals surface area contributed by atoms with Crippen LogP contribution in [0.25, 0.3) is 0 Å². The van der Waals surface area contributed by atoms with Crippen molar-refractivity contribution < 1.29 is 37.3 Å². The van der Waals surface area contributed by atoms with Gasteiger partial charge in [-0.2, -0.15) is 0 Å². The van der Waals surface area contributed by atoms with E-state index in [-0.39, 0.29) is 25.1 Å². The molecule has 0 aliphatic carbocycles. The predicted octanol–water partition coefficient (Wildman–Crippen LogP) is 19.6. The molecule has 434 valence electrons. The first-order valence-electron chi connectivity index (χ1n) is 32.0. The molecule has 0 aromatic heterocycles. The van der Waals surface area contributed by atoms with Crippen LogP contribution in [0.1, 0.15) is 329 Å². The maximum absolute atomic E-state index is 13.5. The number of esters is 1. The zero-order valence-corrected chi connectivity index (χ0v) is 50.6. The highest BCUT2D eigenvalue weighted by Gasteiger charge is 2.30. The zero-order valence-electron chi connectivity index (χ0n) is 49.7. The number of nitrogens with zero attached hydrogens (tertiary/aromatic N) is 1. The number of carbonyl (C=O) groups excluding carboxylic acids is 2. The van der Waals surface area contributed by atoms with Crippen molar-refractivity contribution in [2.45, 2.75) is 341 Å². The van der Waals surface area contributed by atoms with Gasteiger partial charge in [0.25, 0.3) is 0 Å². The molecule has 0 bridgehead atoms. The number of carbonyl (C=O) groups is 2. The summed E-state index contributed by atoms with van der Waals surface area (Å²) in [4.78, 5) is 37.7. The molecule has 0 rings (SSSR count). The molecule has 0 saturated heterocycles. The van der Waals surface area contributed by atoms with Gasteiger partial charge < -0.3 is 19.4 Å². The van der Waals surface area contributed by atoms with E-state index in [1.165, 1.54) is 238 Å². The van der Waals surface area contributed by atoms with Gasteiger partial charge in [0.2, 0.25) is 5.91 Å². The van der Waals surface area contributed by atoms with Crippen molar-refractivity contribution in [2.75, 3.05) is 40.9 Å². The molecule has 1 amide bonds. The Bertz CT molecular complexity index is 1260. The summed E-state index contributed by atoms with van der Waals surface area (Å²) in [5, 5.41) is 3.07. The Balaban J connectivity index is 5.22. The van der Waals surface area contributed by atoms with Gasteiger partial charge in [-0.05, 0) is 31.8 Å². The molecule has 0 fully saturated rings. The van der Waals surface area contributed by atoms with Crippen molar-refractivity contribution in [3.8, 4) is 0 Å². The highest BCUT2D eigenvalue weighted by atomic mass is 31.2. The summed E-state index contributed by atoms with van der Waals surface area (Å²) in [5.41, 5.74) is 0. The molecule has 0 radical (unpaired) electrons. The fourth-order valence-corrected chi connectivity index (χ4v) is 10.5. The number of amides is 1. The van der Waals surface area contributed by atoms with Crippen molar-refractivity contribution in [2.24, 2.45) is 0 Å². The van der Waals surface area contributed by atoms with Crippen LogP contribution < -0.4 is 5.32 Å². The first-order chi connectivity index (χ1) is 35.4. The Morgan fingerprint density at radius 1 is 0.466 bits per heavy atom. The molecule has 0 saturated carbocycles. The summed E-state index contributed by atoms with van der Waals surface area (Å²) in [6.45, 7) is 7.08. The van der Waals surface area contributed by atoms with Crippen molar-refractivity contribution in [3.63, 3.8) is 0 Å². The van der Waals surface area contributed by atoms with Gasteiger partial charge in [-0.3, -0.25) is 18.6 Å². The van der Waals surface area contributed by atoms with Gasteiger partial charge in [0.05, 0.1) is 33.8 Å². The van der Waals surface area contributed by atoms with Crippen LogP contribution in [0.2, 0.25) is 0 Å². The van der Waals surface area contributed by atoms with E-state index < -0.39 is 20.0 Å². The summed E-state index contributed by atoms with van der Waals surface area (Å²) in [5.74, 6) is -0.481. The van der Waals surface area contributed by atoms with Crippen molar-refractivity contribution in [1.29, 1.82) is 0 Å². The number of hydrogen-bond donors (Lipinski definition) is 2. The van der Waals surface area contributed by atoms with E-state index in [1.807, 2.05) is 33.3 Å². The number of hydrogen-bond acceptors (Lipinski definition) is 6. The number of quaternary nitrogens is 1. The molecule has 0 aliphatic rings. The van der Waals surface area contributed by atoms with Gasteiger partial charge in [-0.1, -0.05) is 297 Å². The number of unbranched alkanes of at least 4 members (excludes halogenated alkanes) is 43. The van der Waals surface area contributed by atoms with E-state index in [0.717, 1.165) is 57.8 Å². The van der Waals surface area contributed by atoms with E-state index in [9.17, 15) is 19.0 Å². The molecule has 0 spiro atoms. The second kappa shape index (κ2) is 54.1. The SMILES string of the molecule is CCCCCCCCCCCCC/C=C/C(OC(=O)CCCCCCCCCCCCCCCCCCC)C(COP(=O)(O)OCC[N+](C)(C)C)NC(=O)CCCCCCCCCCCCCCCCCCC. The normalized spacial score (nSPS) is 13.7. The third kappa shape index (κ3) is 55.3. The Hall–Kier alpha value is -1.25. The van der Waals surface area contributed by atoms with Crippen LogP contribution in [-0.2, 0) is 27.9 Å². The van der Waals surface area contributed by atoms with Gasteiger partial charge in [0.1, 0.15) is 19.3 Å². The summed E-state index contributed by atoms with van der Waals surface area (Å²) in [7, 11) is 1.52. The van der Waals surface area contributed by atoms with Gasteiger partial charge in [-0.15, -0.1) is 0 Å². The van der Waals surface area contributed by atoms with Crippen molar-refractivity contribution in [1.82, 2.24) is 5.32 Å². The predicted molar refractivity (Wildman–Crippen MR) is 314 cm³/mol. The Morgan fingerprint density at radius 3 is 1.12 bits per heavy atom. The molecule has 0 aromatic carbocycles. The summed E-state index contributed by atoms with van der Waals surface area (Å²) in [6.07, 6.45) is 62.0. The highest BCUT2D eigenvalue weighted by Crippen LogP contribution is 2.43. The lowest BCUT2D eigenvalue weighted by molar-refractivity contribution is -0.870. The fraction of sp³-hybridized carbons (Fsp3) is 0.937. The summed E-state index contributed by atoms with van der Waals surface area (Å²) >= 11 is 0. The molecule has 0 aliphatic heterocycles. The summed E-state index contributed by atoms with van der Waals surface area (Å²) < 4.78 is 30.7. The molecule has 9 nitrogen and oxygen atoms in total. The lowest BCUT2D eigenvalue weighted by atomic mass is 10.0. The quantitative estimate of drug-likeness (QED) is 0.0205. The Morgan fingerprint density at radius 2 is 0.781 bits per heavy atom. The molecule has 73 heavy (non-hydrogen) atoms. The first-order valence-corrected chi connectivity index (χ1v) is 33.5. The van der Waals surface area contributed by atoms with Gasteiger partial charge in [0, 0.05) is 12.8 Å². The van der Waals surface area contributed by atoms with E-state index in [1.54, 1.807) is 0 Å². The van der Waals surface area contributed by atoms with Gasteiger partial charge >= 0.3 is 13.8 Å². The smallest absolute Gasteiger partial charge is 0.456 e. The van der Waals surface area contributed by atoms with Crippen LogP contribution in [0.3, 0.4) is 0 Å². The number of nitrogens with one attached hydrogen (secondary N) is 1. The van der Waals surface area contributed by atoms with E-state index in [2.05, 4.69) is 26.1 Å². The van der Waals surface area contributed by atoms with E-state index >= 15 is 0 Å². The lowest BCUT2D eigenvalue weighted by Gasteiger charge is -2.27. The molecule has 3 unspecified atom stereocenters. The second-order valence-corrected chi connectivity index (χ2v) is 24.8. The van der Waals surface area contributed by atoms with Crippen LogP contribution in [0.4, 0.5) is 0 Å². The van der Waals surface area contributed by atoms with Crippen LogP contribution in [-0.4, -0.2) is 74.3 Å². The van der Waals surface area contributed by atoms with Gasteiger partial charge in [0.15, 0.2) is 0 Å². The Kier molecular flexibility index (Phi) is 53.2. The topological polar surface area (TPSA) is 111 Å². The number of rotatable bonds is 59. The number of allylic oxidation sites excluding steroid dienone is 1. The maximum atomic E-state index is 13.5. The average Bonchev–Trinajstić information content (AvgIpc) is 3.35. The second-order valence-electron chi connectivity index (χ2n) is 23.3. The van der Waals surface area contributed by atoms with E-state index in [4.69, 9.17) is 13.8 Å². The Labute approximate surface area is 454 Å². The number of phosphoric ester groups is 1. The fourth-order valence-electron chi connectivity index (χ4n) is 9.77. The van der Waals surface area contributed by atoms with Gasteiger partial charge in [-0.25, -0.2) is 4.57 Å². The average molecular weight is 1050 g/mol. The third-order valence-electron chi connectivity index (χ3n) is 14.7. The third-order valence-corrected chi connectivity index (χ3v) is 15.7. The zero-order chi connectivity index (χ0) is 53.6. The first kappa shape index (κ1) is 71.8. The minimum atomic E-state index is -4.44. The van der Waals surface area contributed by atoms with Crippen molar-refractivity contribution >= 4 is 19.7 Å².